The molecule has 0 aromatic rings. The summed E-state index contributed by atoms with van der Waals surface area (Å²) in [6.07, 6.45) is 2.11. The molecule has 22 heavy (non-hydrogen) atoms. The number of carbonyl (C=O) groups is 1. The van der Waals surface area contributed by atoms with Crippen LogP contribution in [0.1, 0.15) is 40.0 Å². The van der Waals surface area contributed by atoms with Crippen LogP contribution in [-0.2, 0) is 9.22 Å². The van der Waals surface area contributed by atoms with Gasteiger partial charge in [0.2, 0.25) is 5.91 Å². The quantitative estimate of drug-likeness (QED) is 0.211. The van der Waals surface area contributed by atoms with Gasteiger partial charge < -0.3 is 15.5 Å². The average Bonchev–Trinajstić information content (AvgIpc) is 2.41. The molecule has 0 spiro atoms. The molecular weight excluding hydrogens is 298 g/mol. The Morgan fingerprint density at radius 1 is 1.41 bits per heavy atom. The van der Waals surface area contributed by atoms with Gasteiger partial charge in [0, 0.05) is 18.0 Å². The lowest BCUT2D eigenvalue weighted by atomic mass is 10.1. The number of rotatable bonds is 10. The van der Waals surface area contributed by atoms with Gasteiger partial charge in [0.05, 0.1) is 12.6 Å². The van der Waals surface area contributed by atoms with E-state index in [0.717, 1.165) is 12.8 Å². The van der Waals surface area contributed by atoms with Gasteiger partial charge in [-0.05, 0) is 36.5 Å². The lowest BCUT2D eigenvalue weighted by Gasteiger charge is -2.36. The Bertz CT molecular complexity index is 389. The van der Waals surface area contributed by atoms with Crippen molar-refractivity contribution in [2.24, 2.45) is 10.8 Å². The van der Waals surface area contributed by atoms with Crippen molar-refractivity contribution in [3.63, 3.8) is 0 Å². The lowest BCUT2D eigenvalue weighted by molar-refractivity contribution is -0.122. The van der Waals surface area contributed by atoms with Gasteiger partial charge in [0.15, 0.2) is 8.32 Å². The van der Waals surface area contributed by atoms with E-state index in [-0.39, 0.29) is 10.9 Å². The van der Waals surface area contributed by atoms with Crippen molar-refractivity contribution < 1.29 is 9.22 Å². The van der Waals surface area contributed by atoms with Crippen LogP contribution in [0.2, 0.25) is 18.1 Å². The number of nitrogens with two attached hydrogens (primary N) is 1. The number of unbranched alkanes of at least 4 members (excludes halogenated alkanes) is 1. The molecule has 0 heterocycles. The van der Waals surface area contributed by atoms with Crippen molar-refractivity contribution in [1.82, 2.24) is 5.32 Å². The zero-order valence-electron chi connectivity index (χ0n) is 14.6. The first kappa shape index (κ1) is 20.9. The Morgan fingerprint density at radius 2 is 2.05 bits per heavy atom. The Morgan fingerprint density at radius 3 is 2.59 bits per heavy atom. The van der Waals surface area contributed by atoms with E-state index in [1.807, 2.05) is 0 Å². The number of carbonyl (C=O) groups excluding carboxylic acids is 1. The second-order valence-electron chi connectivity index (χ2n) is 6.96. The van der Waals surface area contributed by atoms with Crippen molar-refractivity contribution in [3.8, 4) is 0 Å². The number of hydrogen-bond acceptors (Lipinski definition) is 4. The van der Waals surface area contributed by atoms with E-state index in [9.17, 15) is 4.79 Å². The normalized spacial score (nSPS) is 13.4. The van der Waals surface area contributed by atoms with Crippen LogP contribution in [0, 0.1) is 0 Å². The highest BCUT2D eigenvalue weighted by Gasteiger charge is 2.36. The average molecular weight is 330 g/mol. The van der Waals surface area contributed by atoms with Crippen LogP contribution in [0.5, 0.6) is 0 Å². The summed E-state index contributed by atoms with van der Waals surface area (Å²) >= 11 is 0. The second kappa shape index (κ2) is 9.84. The van der Waals surface area contributed by atoms with Crippen molar-refractivity contribution in [3.05, 3.63) is 10.4 Å². The fourth-order valence-electron chi connectivity index (χ4n) is 1.55. The molecule has 1 amide bonds. The minimum atomic E-state index is -1.76. The molecule has 0 rings (SSSR count). The highest BCUT2D eigenvalue weighted by atomic mass is 28.4. The van der Waals surface area contributed by atoms with Gasteiger partial charge in [-0.3, -0.25) is 4.79 Å². The van der Waals surface area contributed by atoms with Crippen molar-refractivity contribution >= 4 is 14.2 Å². The Hall–Kier alpha value is -1.08. The zero-order valence-corrected chi connectivity index (χ0v) is 15.6. The first-order valence-electron chi connectivity index (χ1n) is 7.80. The van der Waals surface area contributed by atoms with Gasteiger partial charge >= 0.3 is 0 Å². The zero-order chi connectivity index (χ0) is 17.2. The summed E-state index contributed by atoms with van der Waals surface area (Å²) in [5.41, 5.74) is 14.0. The Labute approximate surface area is 134 Å². The summed E-state index contributed by atoms with van der Waals surface area (Å²) in [5, 5.41) is 6.42. The van der Waals surface area contributed by atoms with Crippen molar-refractivity contribution in [1.29, 1.82) is 0 Å². The fourth-order valence-corrected chi connectivity index (χ4v) is 2.60. The summed E-state index contributed by atoms with van der Waals surface area (Å²) in [7, 11) is -1.76. The SMILES string of the molecule is CC(C)(C)[Si](C)(C)OCCNC(=O)C(N)CCCCN=[N+]=[N-]. The van der Waals surface area contributed by atoms with E-state index in [0.29, 0.717) is 26.1 Å². The van der Waals surface area contributed by atoms with Crippen molar-refractivity contribution in [2.45, 2.75) is 64.2 Å². The number of nitrogens with one attached hydrogen (secondary N) is 1. The summed E-state index contributed by atoms with van der Waals surface area (Å²) in [5.74, 6) is -0.150. The van der Waals surface area contributed by atoms with Gasteiger partial charge in [-0.1, -0.05) is 32.3 Å². The van der Waals surface area contributed by atoms with Gasteiger partial charge in [0.25, 0.3) is 0 Å². The molecule has 7 nitrogen and oxygen atoms in total. The molecule has 128 valence electrons. The van der Waals surface area contributed by atoms with Crippen LogP contribution in [0.4, 0.5) is 0 Å². The van der Waals surface area contributed by atoms with Gasteiger partial charge in [-0.25, -0.2) is 0 Å². The van der Waals surface area contributed by atoms with E-state index >= 15 is 0 Å². The maximum Gasteiger partial charge on any atom is 0.236 e. The predicted octanol–water partition coefficient (Wildman–Crippen LogP) is 2.93. The number of azide groups is 1. The third kappa shape index (κ3) is 8.38. The smallest absolute Gasteiger partial charge is 0.236 e. The summed E-state index contributed by atoms with van der Waals surface area (Å²) in [6.45, 7) is 12.4. The van der Waals surface area contributed by atoms with Gasteiger partial charge in [-0.15, -0.1) is 0 Å². The van der Waals surface area contributed by atoms with Crippen LogP contribution in [0.15, 0.2) is 5.11 Å². The molecule has 1 unspecified atom stereocenters. The molecule has 0 aliphatic rings. The molecule has 0 saturated heterocycles. The van der Waals surface area contributed by atoms with E-state index < -0.39 is 14.4 Å². The molecule has 0 aromatic carbocycles. The maximum atomic E-state index is 11.8. The van der Waals surface area contributed by atoms with Crippen LogP contribution >= 0.6 is 0 Å². The molecule has 0 radical (unpaired) electrons. The van der Waals surface area contributed by atoms with E-state index in [2.05, 4.69) is 49.2 Å². The van der Waals surface area contributed by atoms with Crippen molar-refractivity contribution in [2.75, 3.05) is 19.7 Å². The largest absolute Gasteiger partial charge is 0.415 e. The van der Waals surface area contributed by atoms with E-state index in [1.54, 1.807) is 0 Å². The standard InChI is InChI=1S/C14H31N5O2Si/c1-14(2,3)22(4,5)21-11-10-17-13(20)12(15)8-6-7-9-18-19-16/h12H,6-11,15H2,1-5H3,(H,17,20). The van der Waals surface area contributed by atoms with E-state index in [4.69, 9.17) is 15.7 Å². The van der Waals surface area contributed by atoms with Gasteiger partial charge in [0.1, 0.15) is 0 Å². The predicted molar refractivity (Wildman–Crippen MR) is 92.0 cm³/mol. The van der Waals surface area contributed by atoms with Gasteiger partial charge in [-0.2, -0.15) is 0 Å². The lowest BCUT2D eigenvalue weighted by Crippen LogP contribution is -2.45. The molecule has 0 saturated carbocycles. The molecule has 0 bridgehead atoms. The molecule has 0 fully saturated rings. The van der Waals surface area contributed by atoms with Crippen LogP contribution in [-0.4, -0.2) is 40.0 Å². The molecule has 1 atom stereocenters. The molecule has 0 aromatic heterocycles. The molecule has 0 aliphatic heterocycles. The maximum absolute atomic E-state index is 11.8. The first-order chi connectivity index (χ1) is 10.1. The monoisotopic (exact) mass is 329 g/mol. The van der Waals surface area contributed by atoms with Crippen LogP contribution in [0.25, 0.3) is 10.4 Å². The topological polar surface area (TPSA) is 113 Å². The highest BCUT2D eigenvalue weighted by Crippen LogP contribution is 2.36. The Kier molecular flexibility index (Phi) is 9.35. The van der Waals surface area contributed by atoms with Crippen LogP contribution in [0.3, 0.4) is 0 Å². The molecule has 0 aliphatic carbocycles. The summed E-state index contributed by atoms with van der Waals surface area (Å²) in [6, 6.07) is -0.515. The molecule has 8 heteroatoms. The third-order valence-corrected chi connectivity index (χ3v) is 8.63. The number of amides is 1. The first-order valence-corrected chi connectivity index (χ1v) is 10.7. The fraction of sp³-hybridized carbons (Fsp3) is 0.929. The number of hydrogen-bond donors (Lipinski definition) is 2. The summed E-state index contributed by atoms with van der Waals surface area (Å²) in [4.78, 5) is 14.5. The number of nitrogens with zero attached hydrogens (tertiary/aromatic N) is 3. The molecular formula is C14H31N5O2Si. The highest BCUT2D eigenvalue weighted by molar-refractivity contribution is 6.74. The minimum Gasteiger partial charge on any atom is -0.415 e. The van der Waals surface area contributed by atoms with E-state index in [1.165, 1.54) is 0 Å². The minimum absolute atomic E-state index is 0.150. The molecule has 3 N–H and O–H groups in total. The second-order valence-corrected chi connectivity index (χ2v) is 11.8. The Balaban J connectivity index is 3.87. The van der Waals surface area contributed by atoms with Crippen LogP contribution < -0.4 is 11.1 Å². The summed E-state index contributed by atoms with van der Waals surface area (Å²) < 4.78 is 5.99. The third-order valence-electron chi connectivity index (χ3n) is 4.09.